The quantitative estimate of drug-likeness (QED) is 0.579. The first kappa shape index (κ1) is 16.3. The summed E-state index contributed by atoms with van der Waals surface area (Å²) in [6.07, 6.45) is 0. The maximum Gasteiger partial charge on any atom is 0.158 e. The summed E-state index contributed by atoms with van der Waals surface area (Å²) in [6, 6.07) is 0. The molecular weight excluding hydrogens is 290 g/mol. The van der Waals surface area contributed by atoms with Gasteiger partial charge in [-0.2, -0.15) is 5.10 Å². The molecule has 1 unspecified atom stereocenters. The molecule has 0 saturated carbocycles. The minimum absolute atomic E-state index is 0.140. The minimum Gasteiger partial charge on any atom is -0.378 e. The molecule has 0 bridgehead atoms. The van der Waals surface area contributed by atoms with Crippen LogP contribution in [0.3, 0.4) is 0 Å². The molecule has 0 spiro atoms. The van der Waals surface area contributed by atoms with Gasteiger partial charge in [-0.05, 0) is 27.9 Å². The van der Waals surface area contributed by atoms with Crippen LogP contribution in [-0.4, -0.2) is 58.1 Å². The molecule has 2 aromatic heterocycles. The number of rotatable bonds is 7. The van der Waals surface area contributed by atoms with Crippen LogP contribution in [0.1, 0.15) is 23.8 Å². The summed E-state index contributed by atoms with van der Waals surface area (Å²) in [6.45, 7) is 6.92. The molecule has 0 N–H and O–H groups in total. The van der Waals surface area contributed by atoms with Gasteiger partial charge in [-0.1, -0.05) is 0 Å². The molecule has 1 atom stereocenters. The topological polar surface area (TPSA) is 48.1 Å². The standard InChI is InChI=1S/C14H24ClN5O/c1-10(15)13-16-12-11(2)17-19(5)14(12)20(13)7-9-21-8-6-18(3)4/h10H,6-9H2,1-5H3. The molecule has 7 heteroatoms. The van der Waals surface area contributed by atoms with Gasteiger partial charge >= 0.3 is 0 Å². The van der Waals surface area contributed by atoms with E-state index in [2.05, 4.69) is 19.5 Å². The second-order valence-corrected chi connectivity index (χ2v) is 6.19. The second kappa shape index (κ2) is 6.77. The van der Waals surface area contributed by atoms with E-state index in [1.807, 2.05) is 39.7 Å². The van der Waals surface area contributed by atoms with Crippen molar-refractivity contribution in [1.29, 1.82) is 0 Å². The Labute approximate surface area is 130 Å². The van der Waals surface area contributed by atoms with Gasteiger partial charge in [-0.3, -0.25) is 4.68 Å². The molecule has 6 nitrogen and oxygen atoms in total. The van der Waals surface area contributed by atoms with E-state index in [9.17, 15) is 0 Å². The van der Waals surface area contributed by atoms with Gasteiger partial charge in [-0.15, -0.1) is 11.6 Å². The van der Waals surface area contributed by atoms with Gasteiger partial charge < -0.3 is 14.2 Å². The number of halogens is 1. The molecule has 0 saturated heterocycles. The Hall–Kier alpha value is -1.11. The molecule has 0 radical (unpaired) electrons. The van der Waals surface area contributed by atoms with Gasteiger partial charge in [0.15, 0.2) is 5.65 Å². The molecule has 0 aliphatic heterocycles. The van der Waals surface area contributed by atoms with Gasteiger partial charge in [0, 0.05) is 20.1 Å². The van der Waals surface area contributed by atoms with E-state index in [0.29, 0.717) is 6.61 Å². The van der Waals surface area contributed by atoms with E-state index in [1.54, 1.807) is 0 Å². The zero-order valence-electron chi connectivity index (χ0n) is 13.4. The van der Waals surface area contributed by atoms with Crippen molar-refractivity contribution in [3.63, 3.8) is 0 Å². The van der Waals surface area contributed by atoms with Crippen LogP contribution in [0.4, 0.5) is 0 Å². The first-order valence-corrected chi connectivity index (χ1v) is 7.61. The van der Waals surface area contributed by atoms with Crippen LogP contribution in [0.5, 0.6) is 0 Å². The normalized spacial score (nSPS) is 13.5. The Morgan fingerprint density at radius 2 is 2.05 bits per heavy atom. The highest BCUT2D eigenvalue weighted by molar-refractivity contribution is 6.20. The van der Waals surface area contributed by atoms with Crippen molar-refractivity contribution in [3.8, 4) is 0 Å². The molecule has 118 valence electrons. The number of hydrogen-bond acceptors (Lipinski definition) is 4. The molecule has 21 heavy (non-hydrogen) atoms. The Balaban J connectivity index is 2.15. The number of ether oxygens (including phenoxy) is 1. The molecule has 2 heterocycles. The van der Waals surface area contributed by atoms with Gasteiger partial charge in [-0.25, -0.2) is 4.98 Å². The number of imidazole rings is 1. The zero-order valence-corrected chi connectivity index (χ0v) is 14.2. The molecule has 0 aliphatic carbocycles. The number of alkyl halides is 1. The summed E-state index contributed by atoms with van der Waals surface area (Å²) in [5.74, 6) is 0.874. The van der Waals surface area contributed by atoms with Crippen LogP contribution in [0.2, 0.25) is 0 Å². The summed E-state index contributed by atoms with van der Waals surface area (Å²) in [5, 5.41) is 4.28. The Morgan fingerprint density at radius 1 is 1.33 bits per heavy atom. The van der Waals surface area contributed by atoms with Crippen molar-refractivity contribution in [3.05, 3.63) is 11.5 Å². The van der Waals surface area contributed by atoms with Gasteiger partial charge in [0.1, 0.15) is 11.3 Å². The third-order valence-corrected chi connectivity index (χ3v) is 3.61. The summed E-state index contributed by atoms with van der Waals surface area (Å²) in [7, 11) is 6.01. The third kappa shape index (κ3) is 3.56. The summed E-state index contributed by atoms with van der Waals surface area (Å²) >= 11 is 6.26. The first-order chi connectivity index (χ1) is 9.91. The minimum atomic E-state index is -0.140. The zero-order chi connectivity index (χ0) is 15.6. The van der Waals surface area contributed by atoms with E-state index in [1.165, 1.54) is 0 Å². The van der Waals surface area contributed by atoms with Crippen LogP contribution < -0.4 is 0 Å². The van der Waals surface area contributed by atoms with Crippen LogP contribution in [0.25, 0.3) is 11.2 Å². The fraction of sp³-hybridized carbons (Fsp3) is 0.714. The predicted octanol–water partition coefficient (Wildman–Crippen LogP) is 1.96. The Morgan fingerprint density at radius 3 is 2.67 bits per heavy atom. The average Bonchev–Trinajstić information content (AvgIpc) is 2.89. The summed E-state index contributed by atoms with van der Waals surface area (Å²) < 4.78 is 9.66. The lowest BCUT2D eigenvalue weighted by molar-refractivity contribution is 0.111. The first-order valence-electron chi connectivity index (χ1n) is 7.18. The van der Waals surface area contributed by atoms with Crippen molar-refractivity contribution in [1.82, 2.24) is 24.2 Å². The van der Waals surface area contributed by atoms with E-state index in [4.69, 9.17) is 16.3 Å². The molecular formula is C14H24ClN5O. The Bertz CT molecular complexity index is 602. The van der Waals surface area contributed by atoms with Crippen molar-refractivity contribution in [2.24, 2.45) is 7.05 Å². The highest BCUT2D eigenvalue weighted by atomic mass is 35.5. The molecule has 0 amide bonds. The van der Waals surface area contributed by atoms with E-state index in [0.717, 1.165) is 42.4 Å². The molecule has 2 rings (SSSR count). The Kier molecular flexibility index (Phi) is 5.24. The number of hydrogen-bond donors (Lipinski definition) is 0. The van der Waals surface area contributed by atoms with Crippen LogP contribution >= 0.6 is 11.6 Å². The molecule has 0 aromatic carbocycles. The van der Waals surface area contributed by atoms with Gasteiger partial charge in [0.05, 0.1) is 24.3 Å². The van der Waals surface area contributed by atoms with Gasteiger partial charge in [0.2, 0.25) is 0 Å². The number of nitrogens with zero attached hydrogens (tertiary/aromatic N) is 5. The van der Waals surface area contributed by atoms with E-state index in [-0.39, 0.29) is 5.38 Å². The maximum atomic E-state index is 6.26. The van der Waals surface area contributed by atoms with Gasteiger partial charge in [0.25, 0.3) is 0 Å². The van der Waals surface area contributed by atoms with Crippen molar-refractivity contribution in [2.75, 3.05) is 33.9 Å². The van der Waals surface area contributed by atoms with Crippen LogP contribution in [-0.2, 0) is 18.3 Å². The lowest BCUT2D eigenvalue weighted by atomic mass is 10.4. The number of fused-ring (bicyclic) bond motifs is 1. The predicted molar refractivity (Wildman–Crippen MR) is 84.9 cm³/mol. The van der Waals surface area contributed by atoms with Crippen molar-refractivity contribution in [2.45, 2.75) is 25.8 Å². The molecule has 0 aliphatic rings. The maximum absolute atomic E-state index is 6.26. The fourth-order valence-corrected chi connectivity index (χ4v) is 2.55. The fourth-order valence-electron chi connectivity index (χ4n) is 2.38. The lowest BCUT2D eigenvalue weighted by Gasteiger charge is -2.13. The lowest BCUT2D eigenvalue weighted by Crippen LogP contribution is -2.20. The number of aryl methyl sites for hydroxylation is 2. The monoisotopic (exact) mass is 313 g/mol. The third-order valence-electron chi connectivity index (χ3n) is 3.42. The van der Waals surface area contributed by atoms with Crippen molar-refractivity contribution >= 4 is 22.8 Å². The van der Waals surface area contributed by atoms with Crippen molar-refractivity contribution < 1.29 is 4.74 Å². The largest absolute Gasteiger partial charge is 0.378 e. The van der Waals surface area contributed by atoms with E-state index >= 15 is 0 Å². The summed E-state index contributed by atoms with van der Waals surface area (Å²) in [5.41, 5.74) is 2.86. The summed E-state index contributed by atoms with van der Waals surface area (Å²) in [4.78, 5) is 6.75. The second-order valence-electron chi connectivity index (χ2n) is 5.53. The number of aromatic nitrogens is 4. The highest BCUT2D eigenvalue weighted by Crippen LogP contribution is 2.25. The van der Waals surface area contributed by atoms with Crippen LogP contribution in [0.15, 0.2) is 0 Å². The highest BCUT2D eigenvalue weighted by Gasteiger charge is 2.19. The number of likely N-dealkylation sites (N-methyl/N-ethyl adjacent to an activating group) is 1. The molecule has 2 aromatic rings. The van der Waals surface area contributed by atoms with Crippen LogP contribution in [0, 0.1) is 6.92 Å². The SMILES string of the molecule is Cc1nn(C)c2c1nc(C(C)Cl)n2CCOCCN(C)C. The smallest absolute Gasteiger partial charge is 0.158 e. The van der Waals surface area contributed by atoms with E-state index < -0.39 is 0 Å². The average molecular weight is 314 g/mol. The molecule has 0 fully saturated rings.